The summed E-state index contributed by atoms with van der Waals surface area (Å²) in [5.74, 6) is -0.138. The zero-order chi connectivity index (χ0) is 14.3. The molecule has 1 N–H and O–H groups in total. The highest BCUT2D eigenvalue weighted by Crippen LogP contribution is 2.39. The topological polar surface area (TPSA) is 32.3 Å². The third kappa shape index (κ3) is 1.94. The highest BCUT2D eigenvalue weighted by Gasteiger charge is 2.51. The number of carbonyl (C=O) groups is 1. The van der Waals surface area contributed by atoms with Crippen LogP contribution in [0.4, 0.5) is 4.39 Å². The molecule has 1 saturated carbocycles. The molecule has 1 aliphatic carbocycles. The van der Waals surface area contributed by atoms with Crippen LogP contribution in [0.5, 0.6) is 0 Å². The average Bonchev–Trinajstić information content (AvgIpc) is 2.64. The molecule has 4 heteroatoms. The number of rotatable bonds is 3. The van der Waals surface area contributed by atoms with Gasteiger partial charge in [-0.25, -0.2) is 4.39 Å². The van der Waals surface area contributed by atoms with Gasteiger partial charge in [0.2, 0.25) is 5.91 Å². The van der Waals surface area contributed by atoms with Crippen molar-refractivity contribution in [3.8, 4) is 0 Å². The summed E-state index contributed by atoms with van der Waals surface area (Å²) >= 11 is 0. The molecule has 2 unspecified atom stereocenters. The van der Waals surface area contributed by atoms with Crippen LogP contribution >= 0.6 is 0 Å². The second kappa shape index (κ2) is 4.85. The summed E-state index contributed by atoms with van der Waals surface area (Å²) in [5, 5.41) is 3.36. The third-order valence-electron chi connectivity index (χ3n) is 4.81. The van der Waals surface area contributed by atoms with Crippen molar-refractivity contribution in [2.24, 2.45) is 0 Å². The van der Waals surface area contributed by atoms with Crippen molar-refractivity contribution < 1.29 is 9.18 Å². The Morgan fingerprint density at radius 2 is 2.10 bits per heavy atom. The molecule has 1 amide bonds. The van der Waals surface area contributed by atoms with Crippen LogP contribution < -0.4 is 5.32 Å². The van der Waals surface area contributed by atoms with Crippen LogP contribution in [-0.4, -0.2) is 22.4 Å². The number of amides is 1. The fourth-order valence-electron chi connectivity index (χ4n) is 3.05. The minimum atomic E-state index is -0.581. The van der Waals surface area contributed by atoms with Crippen LogP contribution in [0.25, 0.3) is 0 Å². The van der Waals surface area contributed by atoms with Crippen molar-refractivity contribution in [1.29, 1.82) is 0 Å². The molecule has 1 heterocycles. The van der Waals surface area contributed by atoms with Gasteiger partial charge in [-0.3, -0.25) is 10.1 Å². The van der Waals surface area contributed by atoms with Gasteiger partial charge in [0.05, 0.1) is 5.54 Å². The van der Waals surface area contributed by atoms with Gasteiger partial charge in [-0.1, -0.05) is 25.1 Å². The Morgan fingerprint density at radius 3 is 2.65 bits per heavy atom. The minimum Gasteiger partial charge on any atom is -0.318 e. The van der Waals surface area contributed by atoms with Crippen LogP contribution in [0.15, 0.2) is 24.3 Å². The summed E-state index contributed by atoms with van der Waals surface area (Å²) in [7, 11) is 0. The van der Waals surface area contributed by atoms with Crippen LogP contribution in [-0.2, 0) is 4.79 Å². The van der Waals surface area contributed by atoms with E-state index in [4.69, 9.17) is 0 Å². The summed E-state index contributed by atoms with van der Waals surface area (Å²) < 4.78 is 14.1. The number of benzene rings is 1. The molecular weight excluding hydrogens is 255 g/mol. The molecular formula is C16H21FN2O. The largest absolute Gasteiger partial charge is 0.318 e. The van der Waals surface area contributed by atoms with Crippen molar-refractivity contribution in [3.05, 3.63) is 35.6 Å². The molecule has 0 bridgehead atoms. The summed E-state index contributed by atoms with van der Waals surface area (Å²) in [6, 6.07) is 7.00. The Bertz CT molecular complexity index is 529. The van der Waals surface area contributed by atoms with E-state index in [0.29, 0.717) is 12.0 Å². The second-order valence-corrected chi connectivity index (χ2v) is 6.05. The lowest BCUT2D eigenvalue weighted by molar-refractivity contribution is -0.136. The lowest BCUT2D eigenvalue weighted by Gasteiger charge is -2.38. The van der Waals surface area contributed by atoms with E-state index in [-0.39, 0.29) is 23.9 Å². The van der Waals surface area contributed by atoms with Gasteiger partial charge in [-0.15, -0.1) is 0 Å². The molecule has 0 aromatic heterocycles. The van der Waals surface area contributed by atoms with E-state index in [2.05, 4.69) is 5.32 Å². The molecule has 2 aliphatic rings. The number of hydrogen-bond donors (Lipinski definition) is 1. The highest BCUT2D eigenvalue weighted by atomic mass is 19.1. The predicted molar refractivity (Wildman–Crippen MR) is 75.5 cm³/mol. The Kier molecular flexibility index (Phi) is 3.28. The first-order valence-electron chi connectivity index (χ1n) is 7.41. The van der Waals surface area contributed by atoms with Gasteiger partial charge in [0, 0.05) is 11.6 Å². The van der Waals surface area contributed by atoms with Crippen molar-refractivity contribution in [3.63, 3.8) is 0 Å². The molecule has 3 nitrogen and oxygen atoms in total. The molecule has 2 atom stereocenters. The zero-order valence-electron chi connectivity index (χ0n) is 12.0. The van der Waals surface area contributed by atoms with Crippen molar-refractivity contribution in [1.82, 2.24) is 10.2 Å². The van der Waals surface area contributed by atoms with E-state index in [9.17, 15) is 9.18 Å². The molecule has 1 saturated heterocycles. The maximum absolute atomic E-state index is 14.1. The van der Waals surface area contributed by atoms with Gasteiger partial charge in [0.15, 0.2) is 0 Å². The Morgan fingerprint density at radius 1 is 1.40 bits per heavy atom. The molecule has 2 fully saturated rings. The van der Waals surface area contributed by atoms with E-state index in [0.717, 1.165) is 19.3 Å². The number of nitrogens with one attached hydrogen (secondary N) is 1. The first kappa shape index (κ1) is 13.6. The third-order valence-corrected chi connectivity index (χ3v) is 4.81. The van der Waals surface area contributed by atoms with Gasteiger partial charge in [0.1, 0.15) is 12.0 Å². The van der Waals surface area contributed by atoms with Gasteiger partial charge in [-0.2, -0.15) is 0 Å². The van der Waals surface area contributed by atoms with Gasteiger partial charge in [0.25, 0.3) is 0 Å². The molecule has 0 spiro atoms. The summed E-state index contributed by atoms with van der Waals surface area (Å²) in [5.41, 5.74) is -0.00681. The fourth-order valence-corrected chi connectivity index (χ4v) is 3.05. The molecule has 0 radical (unpaired) electrons. The number of carbonyl (C=O) groups excluding carboxylic acids is 1. The SMILES string of the molecule is CCC1(C)NC(c2ccccc2F)N(C2CCC2)C1=O. The maximum Gasteiger partial charge on any atom is 0.244 e. The predicted octanol–water partition coefficient (Wildman–Crippen LogP) is 2.98. The Balaban J connectivity index is 1.99. The quantitative estimate of drug-likeness (QED) is 0.920. The highest BCUT2D eigenvalue weighted by molar-refractivity contribution is 5.89. The van der Waals surface area contributed by atoms with E-state index in [1.165, 1.54) is 6.07 Å². The summed E-state index contributed by atoms with van der Waals surface area (Å²) in [6.07, 6.45) is 3.58. The van der Waals surface area contributed by atoms with Crippen LogP contribution in [0.2, 0.25) is 0 Å². The summed E-state index contributed by atoms with van der Waals surface area (Å²) in [4.78, 5) is 14.6. The molecule has 20 heavy (non-hydrogen) atoms. The van der Waals surface area contributed by atoms with Crippen LogP contribution in [0.1, 0.15) is 51.3 Å². The van der Waals surface area contributed by atoms with E-state index in [1.54, 1.807) is 12.1 Å². The smallest absolute Gasteiger partial charge is 0.244 e. The van der Waals surface area contributed by atoms with Gasteiger partial charge < -0.3 is 4.90 Å². The Hall–Kier alpha value is -1.42. The number of halogens is 1. The number of hydrogen-bond acceptors (Lipinski definition) is 2. The Labute approximate surface area is 119 Å². The van der Waals surface area contributed by atoms with Crippen molar-refractivity contribution >= 4 is 5.91 Å². The molecule has 1 aliphatic heterocycles. The van der Waals surface area contributed by atoms with Gasteiger partial charge >= 0.3 is 0 Å². The maximum atomic E-state index is 14.1. The van der Waals surface area contributed by atoms with Crippen LogP contribution in [0, 0.1) is 5.82 Å². The molecule has 1 aromatic carbocycles. The van der Waals surface area contributed by atoms with Crippen LogP contribution in [0.3, 0.4) is 0 Å². The number of nitrogens with zero attached hydrogens (tertiary/aromatic N) is 1. The van der Waals surface area contributed by atoms with Crippen molar-refractivity contribution in [2.75, 3.05) is 0 Å². The van der Waals surface area contributed by atoms with E-state index in [1.807, 2.05) is 24.8 Å². The van der Waals surface area contributed by atoms with E-state index < -0.39 is 5.54 Å². The zero-order valence-corrected chi connectivity index (χ0v) is 12.0. The van der Waals surface area contributed by atoms with E-state index >= 15 is 0 Å². The second-order valence-electron chi connectivity index (χ2n) is 6.05. The lowest BCUT2D eigenvalue weighted by Crippen LogP contribution is -2.46. The van der Waals surface area contributed by atoms with Crippen molar-refractivity contribution in [2.45, 2.75) is 57.3 Å². The van der Waals surface area contributed by atoms with Gasteiger partial charge in [-0.05, 0) is 38.7 Å². The molecule has 3 rings (SSSR count). The standard InChI is InChI=1S/C16H21FN2O/c1-3-16(2)15(20)19(11-7-6-8-11)14(18-16)12-9-4-5-10-13(12)17/h4-5,9-11,14,18H,3,6-8H2,1-2H3. The molecule has 108 valence electrons. The monoisotopic (exact) mass is 276 g/mol. The fraction of sp³-hybridized carbons (Fsp3) is 0.562. The first-order chi connectivity index (χ1) is 9.57. The summed E-state index contributed by atoms with van der Waals surface area (Å²) in [6.45, 7) is 3.91. The lowest BCUT2D eigenvalue weighted by atomic mass is 9.89. The normalized spacial score (nSPS) is 30.6. The minimum absolute atomic E-state index is 0.109. The average molecular weight is 276 g/mol. The molecule has 1 aromatic rings. The first-order valence-corrected chi connectivity index (χ1v) is 7.41.